The molecule has 4 rings (SSSR count). The molecule has 1 amide bonds. The van der Waals surface area contributed by atoms with Gasteiger partial charge >= 0.3 is 6.09 Å². The molecule has 182 valence electrons. The van der Waals surface area contributed by atoms with Crippen molar-refractivity contribution in [1.29, 1.82) is 0 Å². The zero-order valence-corrected chi connectivity index (χ0v) is 21.1. The molecule has 0 aliphatic carbocycles. The summed E-state index contributed by atoms with van der Waals surface area (Å²) < 4.78 is 5.16. The lowest BCUT2D eigenvalue weighted by atomic mass is 10.0. The molecule has 6 heteroatoms. The van der Waals surface area contributed by atoms with Crippen LogP contribution in [-0.4, -0.2) is 31.8 Å². The molecule has 0 N–H and O–H groups in total. The molecular formula is C29H34N4O2. The zero-order chi connectivity index (χ0) is 24.8. The van der Waals surface area contributed by atoms with Crippen LogP contribution < -0.4 is 9.80 Å². The van der Waals surface area contributed by atoms with Gasteiger partial charge in [-0.15, -0.1) is 5.11 Å². The zero-order valence-electron chi connectivity index (χ0n) is 21.1. The number of anilines is 3. The first-order valence-corrected chi connectivity index (χ1v) is 12.2. The first kappa shape index (κ1) is 24.5. The number of amides is 1. The van der Waals surface area contributed by atoms with E-state index in [4.69, 9.17) is 4.74 Å². The Balaban J connectivity index is 1.37. The molecule has 0 spiro atoms. The standard InChI is InChI=1S/C29H34N4O2/c1-29(2,3)35-28(34)31-30-24-16-18-25(19-17-24)32(4)20-9-21-33-26-12-7-5-10-22(26)14-15-23-11-6-8-13-27(23)33/h5-8,10-13,16-19H,9,14-15,20-21H2,1-4H3. The van der Waals surface area contributed by atoms with Crippen LogP contribution in [0.3, 0.4) is 0 Å². The highest BCUT2D eigenvalue weighted by Gasteiger charge is 2.20. The van der Waals surface area contributed by atoms with Gasteiger partial charge < -0.3 is 14.5 Å². The molecule has 0 radical (unpaired) electrons. The third-order valence-electron chi connectivity index (χ3n) is 6.03. The predicted octanol–water partition coefficient (Wildman–Crippen LogP) is 7.47. The van der Waals surface area contributed by atoms with Crippen molar-refractivity contribution in [3.63, 3.8) is 0 Å². The van der Waals surface area contributed by atoms with Gasteiger partial charge in [-0.2, -0.15) is 0 Å². The number of rotatable bonds is 6. The van der Waals surface area contributed by atoms with Crippen LogP contribution in [0.5, 0.6) is 0 Å². The summed E-state index contributed by atoms with van der Waals surface area (Å²) in [6, 6.07) is 25.2. The summed E-state index contributed by atoms with van der Waals surface area (Å²) in [5.41, 5.74) is 6.59. The number of ether oxygens (including phenoxy) is 1. The Labute approximate surface area is 208 Å². The van der Waals surface area contributed by atoms with Gasteiger partial charge in [-0.05, 0) is 87.6 Å². The molecule has 0 aromatic heterocycles. The van der Waals surface area contributed by atoms with E-state index in [9.17, 15) is 4.79 Å². The maximum absolute atomic E-state index is 11.7. The van der Waals surface area contributed by atoms with E-state index in [1.807, 2.05) is 24.3 Å². The lowest BCUT2D eigenvalue weighted by Gasteiger charge is -2.28. The largest absolute Gasteiger partial charge is 0.452 e. The molecule has 0 saturated heterocycles. The van der Waals surface area contributed by atoms with Crippen LogP contribution in [0.1, 0.15) is 38.3 Å². The van der Waals surface area contributed by atoms with Crippen molar-refractivity contribution in [3.05, 3.63) is 83.9 Å². The van der Waals surface area contributed by atoms with E-state index >= 15 is 0 Å². The van der Waals surface area contributed by atoms with E-state index in [0.29, 0.717) is 5.69 Å². The number of para-hydroxylation sites is 2. The van der Waals surface area contributed by atoms with Crippen LogP contribution in [0.2, 0.25) is 0 Å². The minimum atomic E-state index is -0.685. The van der Waals surface area contributed by atoms with E-state index in [0.717, 1.165) is 38.0 Å². The summed E-state index contributed by atoms with van der Waals surface area (Å²) in [6.45, 7) is 7.26. The fourth-order valence-electron chi connectivity index (χ4n) is 4.36. The van der Waals surface area contributed by atoms with E-state index in [-0.39, 0.29) is 0 Å². The number of azo groups is 1. The van der Waals surface area contributed by atoms with Crippen LogP contribution in [-0.2, 0) is 17.6 Å². The third-order valence-corrected chi connectivity index (χ3v) is 6.03. The molecule has 1 aliphatic rings. The Kier molecular flexibility index (Phi) is 7.49. The highest BCUT2D eigenvalue weighted by atomic mass is 16.6. The summed E-state index contributed by atoms with van der Waals surface area (Å²) in [7, 11) is 2.10. The number of nitrogens with zero attached hydrogens (tertiary/aromatic N) is 4. The summed E-state index contributed by atoms with van der Waals surface area (Å²) in [5.74, 6) is 0. The first-order chi connectivity index (χ1) is 16.8. The minimum Gasteiger partial charge on any atom is -0.441 e. The third kappa shape index (κ3) is 6.47. The normalized spacial score (nSPS) is 13.2. The van der Waals surface area contributed by atoms with Crippen LogP contribution in [0, 0.1) is 0 Å². The lowest BCUT2D eigenvalue weighted by Crippen LogP contribution is -2.25. The van der Waals surface area contributed by atoms with Gasteiger partial charge in [-0.1, -0.05) is 41.5 Å². The van der Waals surface area contributed by atoms with Crippen LogP contribution in [0.25, 0.3) is 0 Å². The van der Waals surface area contributed by atoms with Crippen molar-refractivity contribution in [1.82, 2.24) is 0 Å². The molecule has 3 aromatic rings. The van der Waals surface area contributed by atoms with Crippen molar-refractivity contribution in [2.75, 3.05) is 29.9 Å². The maximum Gasteiger partial charge on any atom is 0.452 e. The fraction of sp³-hybridized carbons (Fsp3) is 0.345. The van der Waals surface area contributed by atoms with Crippen LogP contribution >= 0.6 is 0 Å². The molecule has 6 nitrogen and oxygen atoms in total. The van der Waals surface area contributed by atoms with Crippen LogP contribution in [0.15, 0.2) is 83.0 Å². The number of carbonyl (C=O) groups is 1. The van der Waals surface area contributed by atoms with Gasteiger partial charge in [0.1, 0.15) is 5.60 Å². The molecular weight excluding hydrogens is 436 g/mol. The molecule has 3 aromatic carbocycles. The van der Waals surface area contributed by atoms with E-state index < -0.39 is 11.7 Å². The second kappa shape index (κ2) is 10.7. The van der Waals surface area contributed by atoms with Crippen molar-refractivity contribution in [3.8, 4) is 0 Å². The quantitative estimate of drug-likeness (QED) is 0.351. The smallest absolute Gasteiger partial charge is 0.441 e. The minimum absolute atomic E-state index is 0.583. The highest BCUT2D eigenvalue weighted by Crippen LogP contribution is 2.36. The lowest BCUT2D eigenvalue weighted by molar-refractivity contribution is 0.0592. The SMILES string of the molecule is CN(CCCN1c2ccccc2CCc2ccccc21)c1ccc(N=NC(=O)OC(C)(C)C)cc1. The molecule has 0 bridgehead atoms. The van der Waals surface area contributed by atoms with Crippen molar-refractivity contribution in [2.45, 2.75) is 45.6 Å². The average Bonchev–Trinajstić information content (AvgIpc) is 2.99. The van der Waals surface area contributed by atoms with E-state index in [1.54, 1.807) is 20.8 Å². The van der Waals surface area contributed by atoms with Gasteiger partial charge in [0.2, 0.25) is 0 Å². The Hall–Kier alpha value is -3.67. The Morgan fingerprint density at radius 2 is 1.49 bits per heavy atom. The Bertz CT molecular complexity index is 1130. The monoisotopic (exact) mass is 470 g/mol. The van der Waals surface area contributed by atoms with Gasteiger partial charge in [0.15, 0.2) is 0 Å². The van der Waals surface area contributed by atoms with E-state index in [2.05, 4.69) is 75.6 Å². The predicted molar refractivity (Wildman–Crippen MR) is 142 cm³/mol. The Morgan fingerprint density at radius 1 is 0.914 bits per heavy atom. The topological polar surface area (TPSA) is 57.5 Å². The number of fused-ring (bicyclic) bond motifs is 2. The molecule has 35 heavy (non-hydrogen) atoms. The van der Waals surface area contributed by atoms with Gasteiger partial charge in [0.05, 0.1) is 5.69 Å². The van der Waals surface area contributed by atoms with Gasteiger partial charge in [-0.25, -0.2) is 4.79 Å². The summed E-state index contributed by atoms with van der Waals surface area (Å²) in [4.78, 5) is 16.5. The Morgan fingerprint density at radius 3 is 2.06 bits per heavy atom. The summed E-state index contributed by atoms with van der Waals surface area (Å²) >= 11 is 0. The second-order valence-electron chi connectivity index (χ2n) is 9.88. The second-order valence-corrected chi connectivity index (χ2v) is 9.88. The van der Waals surface area contributed by atoms with E-state index in [1.165, 1.54) is 22.5 Å². The molecule has 1 heterocycles. The van der Waals surface area contributed by atoms with Crippen LogP contribution in [0.4, 0.5) is 27.5 Å². The average molecular weight is 471 g/mol. The molecule has 0 fully saturated rings. The molecule has 0 unspecified atom stereocenters. The number of hydrogen-bond donors (Lipinski definition) is 0. The summed E-state index contributed by atoms with van der Waals surface area (Å²) in [5, 5.41) is 7.64. The van der Waals surface area contributed by atoms with Crippen molar-refractivity contribution in [2.24, 2.45) is 10.2 Å². The fourth-order valence-corrected chi connectivity index (χ4v) is 4.36. The van der Waals surface area contributed by atoms with Gasteiger partial charge in [0.25, 0.3) is 0 Å². The first-order valence-electron chi connectivity index (χ1n) is 12.2. The van der Waals surface area contributed by atoms with Gasteiger partial charge in [0, 0.05) is 37.2 Å². The highest BCUT2D eigenvalue weighted by molar-refractivity contribution is 5.71. The number of hydrogen-bond acceptors (Lipinski definition) is 5. The van der Waals surface area contributed by atoms with Crippen molar-refractivity contribution < 1.29 is 9.53 Å². The number of carbonyl (C=O) groups excluding carboxylic acids is 1. The van der Waals surface area contributed by atoms with Gasteiger partial charge in [-0.3, -0.25) is 0 Å². The van der Waals surface area contributed by atoms with Crippen molar-refractivity contribution >= 4 is 28.8 Å². The number of aryl methyl sites for hydroxylation is 2. The summed E-state index contributed by atoms with van der Waals surface area (Å²) in [6.07, 6.45) is 2.47. The molecule has 0 saturated carbocycles. The molecule has 0 atom stereocenters. The maximum atomic E-state index is 11.7. The molecule has 1 aliphatic heterocycles. The number of benzene rings is 3.